The molecule has 0 fully saturated rings. The zero-order valence-electron chi connectivity index (χ0n) is 12.7. The summed E-state index contributed by atoms with van der Waals surface area (Å²) in [5.74, 6) is -0.0110. The maximum atomic E-state index is 14.2. The lowest BCUT2D eigenvalue weighted by Crippen LogP contribution is -2.18. The van der Waals surface area contributed by atoms with Gasteiger partial charge in [-0.3, -0.25) is 0 Å². The second-order valence-corrected chi connectivity index (χ2v) is 5.93. The van der Waals surface area contributed by atoms with Crippen molar-refractivity contribution in [2.45, 2.75) is 11.4 Å². The normalized spacial score (nSPS) is 15.5. The Bertz CT molecular complexity index is 905. The van der Waals surface area contributed by atoms with E-state index in [0.717, 1.165) is 11.3 Å². The molecular formula is C17H13FN4OS. The van der Waals surface area contributed by atoms with Crippen molar-refractivity contribution in [2.75, 3.05) is 11.6 Å². The third-order valence-corrected chi connectivity index (χ3v) is 4.24. The van der Waals surface area contributed by atoms with Crippen molar-refractivity contribution in [2.24, 2.45) is 0 Å². The summed E-state index contributed by atoms with van der Waals surface area (Å²) in [7, 11) is 0. The minimum atomic E-state index is -0.708. The molecule has 0 radical (unpaired) electrons. The van der Waals surface area contributed by atoms with Crippen molar-refractivity contribution in [3.05, 3.63) is 59.9 Å². The number of rotatable bonds is 2. The highest BCUT2D eigenvalue weighted by Crippen LogP contribution is 2.39. The zero-order chi connectivity index (χ0) is 16.5. The van der Waals surface area contributed by atoms with Crippen LogP contribution in [0.1, 0.15) is 11.8 Å². The van der Waals surface area contributed by atoms with Gasteiger partial charge in [-0.2, -0.15) is 4.98 Å². The van der Waals surface area contributed by atoms with Gasteiger partial charge in [0.05, 0.1) is 0 Å². The molecule has 0 aliphatic carbocycles. The van der Waals surface area contributed by atoms with Crippen LogP contribution in [0.5, 0.6) is 5.88 Å². The van der Waals surface area contributed by atoms with Crippen molar-refractivity contribution in [1.82, 2.24) is 15.2 Å². The Morgan fingerprint density at radius 1 is 1.08 bits per heavy atom. The van der Waals surface area contributed by atoms with Crippen LogP contribution in [-0.4, -0.2) is 21.4 Å². The van der Waals surface area contributed by atoms with Crippen LogP contribution in [0.15, 0.2) is 53.7 Å². The van der Waals surface area contributed by atoms with Gasteiger partial charge < -0.3 is 10.1 Å². The number of halogens is 1. The maximum absolute atomic E-state index is 14.2. The standard InChI is InChI=1S/C17H13FN4OS/c1-24-17-20-16-14(21-22-17)11-7-3-5-9-13(11)19-15(23-16)10-6-2-4-8-12(10)18/h2-9,15,19H,1H3/t15-/m1/s1. The fourth-order valence-corrected chi connectivity index (χ4v) is 2.86. The van der Waals surface area contributed by atoms with Crippen LogP contribution in [0.4, 0.5) is 10.1 Å². The van der Waals surface area contributed by atoms with Gasteiger partial charge in [0.2, 0.25) is 17.3 Å². The van der Waals surface area contributed by atoms with Crippen molar-refractivity contribution >= 4 is 17.4 Å². The van der Waals surface area contributed by atoms with Gasteiger partial charge in [-0.05, 0) is 18.4 Å². The first-order chi connectivity index (χ1) is 11.8. The Morgan fingerprint density at radius 3 is 2.71 bits per heavy atom. The summed E-state index contributed by atoms with van der Waals surface area (Å²) in [6, 6.07) is 14.1. The molecule has 1 atom stereocenters. The predicted molar refractivity (Wildman–Crippen MR) is 90.4 cm³/mol. The number of para-hydroxylation sites is 1. The molecule has 24 heavy (non-hydrogen) atoms. The van der Waals surface area contributed by atoms with Crippen LogP contribution in [0, 0.1) is 5.82 Å². The van der Waals surface area contributed by atoms with Gasteiger partial charge in [-0.1, -0.05) is 48.2 Å². The number of nitrogens with zero attached hydrogens (tertiary/aromatic N) is 3. The topological polar surface area (TPSA) is 59.9 Å². The summed E-state index contributed by atoms with van der Waals surface area (Å²) < 4.78 is 20.2. The highest BCUT2D eigenvalue weighted by molar-refractivity contribution is 7.98. The van der Waals surface area contributed by atoms with E-state index in [0.29, 0.717) is 22.3 Å². The Morgan fingerprint density at radius 2 is 1.88 bits per heavy atom. The molecule has 3 aromatic rings. The summed E-state index contributed by atoms with van der Waals surface area (Å²) in [6.07, 6.45) is 1.15. The molecule has 0 saturated heterocycles. The lowest BCUT2D eigenvalue weighted by atomic mass is 10.1. The van der Waals surface area contributed by atoms with Gasteiger partial charge in [-0.15, -0.1) is 10.2 Å². The van der Waals surface area contributed by atoms with Gasteiger partial charge in [0.15, 0.2) is 5.69 Å². The molecule has 1 aromatic heterocycles. The number of hydrogen-bond donors (Lipinski definition) is 1. The van der Waals surface area contributed by atoms with E-state index in [1.807, 2.05) is 30.5 Å². The molecule has 1 aliphatic heterocycles. The molecule has 1 aliphatic rings. The lowest BCUT2D eigenvalue weighted by molar-refractivity contribution is 0.220. The predicted octanol–water partition coefficient (Wildman–Crippen LogP) is 3.90. The first-order valence-corrected chi connectivity index (χ1v) is 8.54. The highest BCUT2D eigenvalue weighted by atomic mass is 32.2. The SMILES string of the molecule is CSc1nnc2c(n1)O[C@H](c1ccccc1F)Nc1ccccc1-2. The fraction of sp³-hybridized carbons (Fsp3) is 0.118. The first kappa shape index (κ1) is 14.9. The molecule has 0 saturated carbocycles. The minimum Gasteiger partial charge on any atom is -0.448 e. The van der Waals surface area contributed by atoms with Gasteiger partial charge in [0.1, 0.15) is 5.82 Å². The smallest absolute Gasteiger partial charge is 0.247 e. The van der Waals surface area contributed by atoms with E-state index in [1.165, 1.54) is 17.8 Å². The van der Waals surface area contributed by atoms with Crippen LogP contribution >= 0.6 is 11.8 Å². The minimum absolute atomic E-state index is 0.333. The lowest BCUT2D eigenvalue weighted by Gasteiger charge is -2.19. The first-order valence-electron chi connectivity index (χ1n) is 7.32. The van der Waals surface area contributed by atoms with E-state index >= 15 is 0 Å². The van der Waals surface area contributed by atoms with Gasteiger partial charge in [-0.25, -0.2) is 4.39 Å². The Labute approximate surface area is 142 Å². The molecular weight excluding hydrogens is 327 g/mol. The fourth-order valence-electron chi connectivity index (χ4n) is 2.56. The van der Waals surface area contributed by atoms with Gasteiger partial charge in [0.25, 0.3) is 0 Å². The quantitative estimate of drug-likeness (QED) is 0.714. The van der Waals surface area contributed by atoms with Crippen molar-refractivity contribution in [3.8, 4) is 17.1 Å². The Balaban J connectivity index is 1.89. The molecule has 1 N–H and O–H groups in total. The summed E-state index contributed by atoms with van der Waals surface area (Å²) in [4.78, 5) is 4.40. The summed E-state index contributed by atoms with van der Waals surface area (Å²) >= 11 is 1.37. The Kier molecular flexibility index (Phi) is 3.78. The number of thioether (sulfide) groups is 1. The van der Waals surface area contributed by atoms with Crippen LogP contribution < -0.4 is 10.1 Å². The number of ether oxygens (including phenoxy) is 1. The second kappa shape index (κ2) is 6.09. The summed E-state index contributed by atoms with van der Waals surface area (Å²) in [5.41, 5.74) is 2.55. The summed E-state index contributed by atoms with van der Waals surface area (Å²) in [6.45, 7) is 0. The summed E-state index contributed by atoms with van der Waals surface area (Å²) in [5, 5.41) is 12.1. The molecule has 0 spiro atoms. The van der Waals surface area contributed by atoms with Crippen molar-refractivity contribution in [1.29, 1.82) is 0 Å². The molecule has 0 amide bonds. The van der Waals surface area contributed by atoms with E-state index in [1.54, 1.807) is 18.2 Å². The molecule has 7 heteroatoms. The number of fused-ring (bicyclic) bond motifs is 3. The van der Waals surface area contributed by atoms with Crippen LogP contribution in [0.2, 0.25) is 0 Å². The molecule has 0 bridgehead atoms. The van der Waals surface area contributed by atoms with E-state index in [2.05, 4.69) is 20.5 Å². The third-order valence-electron chi connectivity index (χ3n) is 3.70. The van der Waals surface area contributed by atoms with E-state index < -0.39 is 6.23 Å². The molecule has 0 unspecified atom stereocenters. The number of aromatic nitrogens is 3. The maximum Gasteiger partial charge on any atom is 0.247 e. The van der Waals surface area contributed by atoms with Crippen LogP contribution in [0.25, 0.3) is 11.3 Å². The van der Waals surface area contributed by atoms with Crippen molar-refractivity contribution in [3.63, 3.8) is 0 Å². The largest absolute Gasteiger partial charge is 0.448 e. The van der Waals surface area contributed by atoms with E-state index in [9.17, 15) is 4.39 Å². The van der Waals surface area contributed by atoms with Crippen LogP contribution in [-0.2, 0) is 0 Å². The molecule has 120 valence electrons. The van der Waals surface area contributed by atoms with Crippen molar-refractivity contribution < 1.29 is 9.13 Å². The molecule has 5 nitrogen and oxygen atoms in total. The zero-order valence-corrected chi connectivity index (χ0v) is 13.5. The van der Waals surface area contributed by atoms with Crippen LogP contribution in [0.3, 0.4) is 0 Å². The molecule has 4 rings (SSSR count). The average Bonchev–Trinajstić information content (AvgIpc) is 2.78. The second-order valence-electron chi connectivity index (χ2n) is 5.16. The molecule has 2 aromatic carbocycles. The molecule has 2 heterocycles. The van der Waals surface area contributed by atoms with E-state index in [4.69, 9.17) is 4.74 Å². The van der Waals surface area contributed by atoms with Gasteiger partial charge >= 0.3 is 0 Å². The number of benzene rings is 2. The number of anilines is 1. The highest BCUT2D eigenvalue weighted by Gasteiger charge is 2.27. The van der Waals surface area contributed by atoms with Gasteiger partial charge in [0, 0.05) is 16.8 Å². The monoisotopic (exact) mass is 340 g/mol. The number of nitrogens with one attached hydrogen (secondary N) is 1. The Hall–Kier alpha value is -2.67. The van der Waals surface area contributed by atoms with E-state index in [-0.39, 0.29) is 5.82 Å². The third kappa shape index (κ3) is 2.56. The average molecular weight is 340 g/mol. The number of hydrogen-bond acceptors (Lipinski definition) is 6.